The van der Waals surface area contributed by atoms with Gasteiger partial charge in [-0.3, -0.25) is 9.69 Å². The smallest absolute Gasteiger partial charge is 0.219 e. The van der Waals surface area contributed by atoms with E-state index in [9.17, 15) is 15.0 Å². The van der Waals surface area contributed by atoms with Gasteiger partial charge in [-0.25, -0.2) is 0 Å². The first-order valence-corrected chi connectivity index (χ1v) is 12.9. The molecule has 1 saturated heterocycles. The van der Waals surface area contributed by atoms with Gasteiger partial charge in [0, 0.05) is 57.5 Å². The van der Waals surface area contributed by atoms with Crippen molar-refractivity contribution in [2.24, 2.45) is 5.92 Å². The zero-order valence-electron chi connectivity index (χ0n) is 21.5. The second kappa shape index (κ2) is 13.9. The molecule has 0 unspecified atom stereocenters. The molecule has 0 saturated carbocycles. The summed E-state index contributed by atoms with van der Waals surface area (Å²) in [5, 5.41) is 22.5. The molecule has 1 aliphatic rings. The zero-order chi connectivity index (χ0) is 25.2. The minimum absolute atomic E-state index is 0.0457. The molecule has 35 heavy (non-hydrogen) atoms. The van der Waals surface area contributed by atoms with Gasteiger partial charge in [0.1, 0.15) is 18.3 Å². The van der Waals surface area contributed by atoms with Crippen molar-refractivity contribution in [3.63, 3.8) is 0 Å². The fraction of sp³-hybridized carbons (Fsp3) is 0.667. The number of H-pyrrole nitrogens is 1. The molecule has 2 aromatic rings. The third-order valence-electron chi connectivity index (χ3n) is 6.62. The lowest BCUT2D eigenvalue weighted by molar-refractivity contribution is -0.140. The van der Waals surface area contributed by atoms with E-state index >= 15 is 0 Å². The standard InChI is InChI=1S/C27H43N3O5/c1-20(2)10-15-35-26-18-30(21(3)31)13-12-29(11-6-7-14-34-19-25(32)27(26)33)17-23-16-22-8-4-5-9-24(22)28-23/h4-5,8-9,16,20,25-28,32-33H,6-7,10-15,17-19H2,1-3H3/t25-,26-,27-/m1/s1. The van der Waals surface area contributed by atoms with Crippen LogP contribution in [0.15, 0.2) is 30.3 Å². The predicted molar refractivity (Wildman–Crippen MR) is 137 cm³/mol. The molecule has 1 fully saturated rings. The highest BCUT2D eigenvalue weighted by Gasteiger charge is 2.30. The van der Waals surface area contributed by atoms with Crippen LogP contribution >= 0.6 is 0 Å². The molecular formula is C27H43N3O5. The SMILES string of the molecule is CC(=O)N1CCN(Cc2cc3ccccc3[nH]2)CCCCOC[C@@H](O)[C@@H](O)[C@H](OCCC(C)C)C1. The van der Waals surface area contributed by atoms with Gasteiger partial charge in [0.05, 0.1) is 6.61 Å². The van der Waals surface area contributed by atoms with Crippen LogP contribution < -0.4 is 0 Å². The number of nitrogens with one attached hydrogen (secondary N) is 1. The molecule has 2 heterocycles. The van der Waals surface area contributed by atoms with Gasteiger partial charge >= 0.3 is 0 Å². The number of aromatic amines is 1. The second-order valence-electron chi connectivity index (χ2n) is 10.1. The Morgan fingerprint density at radius 1 is 1.20 bits per heavy atom. The monoisotopic (exact) mass is 489 g/mol. The number of fused-ring (bicyclic) bond motifs is 1. The molecule has 8 nitrogen and oxygen atoms in total. The van der Waals surface area contributed by atoms with Gasteiger partial charge in [-0.1, -0.05) is 32.0 Å². The molecular weight excluding hydrogens is 446 g/mol. The first-order valence-electron chi connectivity index (χ1n) is 12.9. The Labute approximate surface area is 209 Å². The van der Waals surface area contributed by atoms with E-state index in [0.29, 0.717) is 32.2 Å². The van der Waals surface area contributed by atoms with Gasteiger partial charge in [-0.15, -0.1) is 0 Å². The van der Waals surface area contributed by atoms with E-state index in [-0.39, 0.29) is 19.1 Å². The summed E-state index contributed by atoms with van der Waals surface area (Å²) in [4.78, 5) is 20.1. The van der Waals surface area contributed by atoms with Crippen LogP contribution in [0, 0.1) is 5.92 Å². The number of carbonyl (C=O) groups excluding carboxylic acids is 1. The molecule has 3 N–H and O–H groups in total. The third-order valence-corrected chi connectivity index (χ3v) is 6.62. The first kappa shape index (κ1) is 27.6. The van der Waals surface area contributed by atoms with Gasteiger partial charge in [0.25, 0.3) is 0 Å². The number of amides is 1. The average Bonchev–Trinajstić information content (AvgIpc) is 3.23. The normalized spacial score (nSPS) is 24.1. The quantitative estimate of drug-likeness (QED) is 0.577. The fourth-order valence-electron chi connectivity index (χ4n) is 4.39. The van der Waals surface area contributed by atoms with Crippen LogP contribution in [0.2, 0.25) is 0 Å². The number of benzene rings is 1. The number of rotatable bonds is 6. The van der Waals surface area contributed by atoms with Gasteiger partial charge < -0.3 is 29.6 Å². The highest BCUT2D eigenvalue weighted by molar-refractivity contribution is 5.80. The second-order valence-corrected chi connectivity index (χ2v) is 10.1. The summed E-state index contributed by atoms with van der Waals surface area (Å²) in [7, 11) is 0. The third kappa shape index (κ3) is 8.88. The molecule has 1 aliphatic heterocycles. The Kier molecular flexibility index (Phi) is 11.0. The molecule has 3 rings (SSSR count). The van der Waals surface area contributed by atoms with Crippen molar-refractivity contribution in [2.45, 2.75) is 64.9 Å². The Morgan fingerprint density at radius 2 is 2.00 bits per heavy atom. The van der Waals surface area contributed by atoms with E-state index in [1.54, 1.807) is 11.8 Å². The van der Waals surface area contributed by atoms with Gasteiger partial charge in [0.15, 0.2) is 0 Å². The number of ether oxygens (including phenoxy) is 2. The zero-order valence-corrected chi connectivity index (χ0v) is 21.5. The summed E-state index contributed by atoms with van der Waals surface area (Å²) >= 11 is 0. The maximum atomic E-state index is 12.5. The van der Waals surface area contributed by atoms with Gasteiger partial charge in [-0.2, -0.15) is 0 Å². The molecule has 1 aromatic carbocycles. The number of hydrogen-bond acceptors (Lipinski definition) is 6. The van der Waals surface area contributed by atoms with Crippen LogP contribution in [-0.4, -0.2) is 95.2 Å². The van der Waals surface area contributed by atoms with Crippen molar-refractivity contribution in [3.8, 4) is 0 Å². The summed E-state index contributed by atoms with van der Waals surface area (Å²) in [6.45, 7) is 9.90. The summed E-state index contributed by atoms with van der Waals surface area (Å²) in [6.07, 6.45) is -0.227. The highest BCUT2D eigenvalue weighted by Crippen LogP contribution is 2.17. The number of para-hydroxylation sites is 1. The summed E-state index contributed by atoms with van der Waals surface area (Å²) < 4.78 is 11.6. The summed E-state index contributed by atoms with van der Waals surface area (Å²) in [5.41, 5.74) is 2.27. The van der Waals surface area contributed by atoms with Crippen molar-refractivity contribution < 1.29 is 24.5 Å². The van der Waals surface area contributed by atoms with Crippen LogP contribution in [-0.2, 0) is 20.8 Å². The van der Waals surface area contributed by atoms with Crippen LogP contribution in [0.25, 0.3) is 10.9 Å². The van der Waals surface area contributed by atoms with Gasteiger partial charge in [0.2, 0.25) is 5.91 Å². The number of aliphatic hydroxyl groups excluding tert-OH is 2. The van der Waals surface area contributed by atoms with Crippen molar-refractivity contribution in [2.75, 3.05) is 46.0 Å². The minimum Gasteiger partial charge on any atom is -0.388 e. The molecule has 196 valence electrons. The highest BCUT2D eigenvalue weighted by atomic mass is 16.5. The topological polar surface area (TPSA) is 98.3 Å². The Morgan fingerprint density at radius 3 is 2.74 bits per heavy atom. The molecule has 0 spiro atoms. The summed E-state index contributed by atoms with van der Waals surface area (Å²) in [6, 6.07) is 10.4. The minimum atomic E-state index is -1.13. The van der Waals surface area contributed by atoms with E-state index in [1.165, 1.54) is 5.39 Å². The Bertz CT molecular complexity index is 869. The summed E-state index contributed by atoms with van der Waals surface area (Å²) in [5.74, 6) is 0.388. The lowest BCUT2D eigenvalue weighted by Crippen LogP contribution is -2.50. The van der Waals surface area contributed by atoms with Crippen LogP contribution in [0.3, 0.4) is 0 Å². The number of hydrogen-bond donors (Lipinski definition) is 3. The van der Waals surface area contributed by atoms with Crippen LogP contribution in [0.1, 0.15) is 45.7 Å². The number of nitrogens with zero attached hydrogens (tertiary/aromatic N) is 2. The molecule has 0 bridgehead atoms. The van der Waals surface area contributed by atoms with Crippen molar-refractivity contribution in [3.05, 3.63) is 36.0 Å². The van der Waals surface area contributed by atoms with Crippen LogP contribution in [0.4, 0.5) is 0 Å². The maximum absolute atomic E-state index is 12.5. The first-order chi connectivity index (χ1) is 16.8. The van der Waals surface area contributed by atoms with Gasteiger partial charge in [-0.05, 0) is 49.2 Å². The van der Waals surface area contributed by atoms with Crippen LogP contribution in [0.5, 0.6) is 0 Å². The maximum Gasteiger partial charge on any atom is 0.219 e. The molecule has 8 heteroatoms. The molecule has 0 radical (unpaired) electrons. The van der Waals surface area contributed by atoms with E-state index in [2.05, 4.69) is 41.9 Å². The fourth-order valence-corrected chi connectivity index (χ4v) is 4.39. The van der Waals surface area contributed by atoms with Crippen molar-refractivity contribution >= 4 is 16.8 Å². The Balaban J connectivity index is 1.71. The van der Waals surface area contributed by atoms with E-state index in [1.807, 2.05) is 12.1 Å². The Hall–Kier alpha value is -1.97. The lowest BCUT2D eigenvalue weighted by atomic mass is 10.1. The molecule has 1 aromatic heterocycles. The van der Waals surface area contributed by atoms with Crippen molar-refractivity contribution in [1.29, 1.82) is 0 Å². The largest absolute Gasteiger partial charge is 0.388 e. The van der Waals surface area contributed by atoms with E-state index in [4.69, 9.17) is 9.47 Å². The molecule has 3 atom stereocenters. The molecule has 1 amide bonds. The average molecular weight is 490 g/mol. The number of aromatic nitrogens is 1. The molecule has 0 aliphatic carbocycles. The van der Waals surface area contributed by atoms with E-state index in [0.717, 1.165) is 43.6 Å². The number of carbonyl (C=O) groups is 1. The number of aliphatic hydroxyl groups is 2. The van der Waals surface area contributed by atoms with Crippen molar-refractivity contribution in [1.82, 2.24) is 14.8 Å². The predicted octanol–water partition coefficient (Wildman–Crippen LogP) is 2.78. The lowest BCUT2D eigenvalue weighted by Gasteiger charge is -2.33. The van der Waals surface area contributed by atoms with E-state index < -0.39 is 18.3 Å².